The Morgan fingerprint density at radius 2 is 1.88 bits per heavy atom. The SMILES string of the molecule is CN(Cc1ccc(OC2CCN(C(=O)Cc3cccnc3)CC2)cc1)c1cccc(F)c1. The molecule has 1 amide bonds. The molecule has 5 nitrogen and oxygen atoms in total. The second-order valence-electron chi connectivity index (χ2n) is 8.22. The Morgan fingerprint density at radius 1 is 1.09 bits per heavy atom. The summed E-state index contributed by atoms with van der Waals surface area (Å²) in [5.41, 5.74) is 2.91. The molecule has 0 N–H and O–H groups in total. The average Bonchev–Trinajstić information content (AvgIpc) is 2.81. The number of aromatic nitrogens is 1. The van der Waals surface area contributed by atoms with Gasteiger partial charge in [-0.1, -0.05) is 24.3 Å². The van der Waals surface area contributed by atoms with Crippen molar-refractivity contribution < 1.29 is 13.9 Å². The maximum Gasteiger partial charge on any atom is 0.227 e. The fraction of sp³-hybridized carbons (Fsp3) is 0.308. The van der Waals surface area contributed by atoms with E-state index in [-0.39, 0.29) is 17.8 Å². The molecule has 0 bridgehead atoms. The smallest absolute Gasteiger partial charge is 0.227 e. The second kappa shape index (κ2) is 10.3. The summed E-state index contributed by atoms with van der Waals surface area (Å²) in [6.45, 7) is 2.10. The van der Waals surface area contributed by atoms with Crippen LogP contribution in [-0.4, -0.2) is 42.0 Å². The number of hydrogen-bond donors (Lipinski definition) is 0. The lowest BCUT2D eigenvalue weighted by atomic mass is 10.1. The summed E-state index contributed by atoms with van der Waals surface area (Å²) < 4.78 is 19.6. The largest absolute Gasteiger partial charge is 0.490 e. The van der Waals surface area contributed by atoms with Crippen LogP contribution in [0, 0.1) is 5.82 Å². The Hall–Kier alpha value is -3.41. The number of benzene rings is 2. The highest BCUT2D eigenvalue weighted by Crippen LogP contribution is 2.22. The molecule has 0 atom stereocenters. The third-order valence-corrected chi connectivity index (χ3v) is 5.77. The van der Waals surface area contributed by atoms with Crippen LogP contribution in [0.4, 0.5) is 10.1 Å². The lowest BCUT2D eigenvalue weighted by Crippen LogP contribution is -2.42. The van der Waals surface area contributed by atoms with E-state index >= 15 is 0 Å². The molecule has 0 radical (unpaired) electrons. The van der Waals surface area contributed by atoms with Crippen molar-refractivity contribution in [1.82, 2.24) is 9.88 Å². The normalized spacial score (nSPS) is 14.2. The maximum atomic E-state index is 13.4. The number of ether oxygens (including phenoxy) is 1. The number of carbonyl (C=O) groups is 1. The van der Waals surface area contributed by atoms with Crippen LogP contribution in [0.1, 0.15) is 24.0 Å². The number of hydrogen-bond acceptors (Lipinski definition) is 4. The van der Waals surface area contributed by atoms with Crippen LogP contribution in [-0.2, 0) is 17.8 Å². The number of likely N-dealkylation sites (tertiary alicyclic amines) is 1. The number of piperidine rings is 1. The molecule has 3 aromatic rings. The van der Waals surface area contributed by atoms with E-state index in [0.717, 1.165) is 35.4 Å². The van der Waals surface area contributed by atoms with E-state index in [4.69, 9.17) is 4.74 Å². The third-order valence-electron chi connectivity index (χ3n) is 5.77. The molecule has 2 aromatic carbocycles. The number of pyridine rings is 1. The fourth-order valence-electron chi connectivity index (χ4n) is 3.96. The quantitative estimate of drug-likeness (QED) is 0.552. The molecule has 6 heteroatoms. The topological polar surface area (TPSA) is 45.7 Å². The van der Waals surface area contributed by atoms with Gasteiger partial charge in [0.1, 0.15) is 17.7 Å². The first-order chi connectivity index (χ1) is 15.6. The Labute approximate surface area is 188 Å². The first-order valence-corrected chi connectivity index (χ1v) is 11.0. The highest BCUT2D eigenvalue weighted by atomic mass is 19.1. The van der Waals surface area contributed by atoms with Crippen LogP contribution in [0.15, 0.2) is 73.1 Å². The third kappa shape index (κ3) is 5.84. The Morgan fingerprint density at radius 3 is 2.56 bits per heavy atom. The van der Waals surface area contributed by atoms with E-state index in [1.807, 2.05) is 59.3 Å². The van der Waals surface area contributed by atoms with E-state index in [9.17, 15) is 9.18 Å². The van der Waals surface area contributed by atoms with Gasteiger partial charge in [-0.2, -0.15) is 0 Å². The highest BCUT2D eigenvalue weighted by Gasteiger charge is 2.24. The minimum atomic E-state index is -0.233. The fourth-order valence-corrected chi connectivity index (χ4v) is 3.96. The standard InChI is InChI=1S/C26H28FN3O2/c1-29(23-6-2-5-22(27)17-23)19-20-7-9-24(10-8-20)32-25-11-14-30(15-12-25)26(31)16-21-4-3-13-28-18-21/h2-10,13,17-18,25H,11-12,14-16,19H2,1H3. The number of anilines is 1. The lowest BCUT2D eigenvalue weighted by molar-refractivity contribution is -0.132. The van der Waals surface area contributed by atoms with Gasteiger partial charge in [-0.15, -0.1) is 0 Å². The second-order valence-corrected chi connectivity index (χ2v) is 8.22. The van der Waals surface area contributed by atoms with Gasteiger partial charge in [0, 0.05) is 57.6 Å². The Kier molecular flexibility index (Phi) is 7.00. The molecule has 0 spiro atoms. The maximum absolute atomic E-state index is 13.4. The van der Waals surface area contributed by atoms with Crippen molar-refractivity contribution in [2.45, 2.75) is 31.9 Å². The molecule has 1 fully saturated rings. The Balaban J connectivity index is 1.24. The average molecular weight is 434 g/mol. The molecule has 166 valence electrons. The van der Waals surface area contributed by atoms with Crippen LogP contribution in [0.3, 0.4) is 0 Å². The van der Waals surface area contributed by atoms with Gasteiger partial charge < -0.3 is 14.5 Å². The summed E-state index contributed by atoms with van der Waals surface area (Å²) in [6, 6.07) is 18.4. The van der Waals surface area contributed by atoms with E-state index in [2.05, 4.69) is 4.98 Å². The Bertz CT molecular complexity index is 1020. The van der Waals surface area contributed by atoms with Crippen molar-refractivity contribution in [2.24, 2.45) is 0 Å². The van der Waals surface area contributed by atoms with Crippen LogP contribution in [0.5, 0.6) is 5.75 Å². The lowest BCUT2D eigenvalue weighted by Gasteiger charge is -2.32. The van der Waals surface area contributed by atoms with E-state index in [0.29, 0.717) is 26.1 Å². The molecule has 4 rings (SSSR count). The number of carbonyl (C=O) groups excluding carboxylic acids is 1. The van der Waals surface area contributed by atoms with Gasteiger partial charge >= 0.3 is 0 Å². The summed E-state index contributed by atoms with van der Waals surface area (Å²) >= 11 is 0. The molecule has 2 heterocycles. The minimum Gasteiger partial charge on any atom is -0.490 e. The molecular weight excluding hydrogens is 405 g/mol. The van der Waals surface area contributed by atoms with E-state index < -0.39 is 0 Å². The van der Waals surface area contributed by atoms with Gasteiger partial charge in [0.2, 0.25) is 5.91 Å². The number of nitrogens with zero attached hydrogens (tertiary/aromatic N) is 3. The van der Waals surface area contributed by atoms with Gasteiger partial charge in [0.25, 0.3) is 0 Å². The zero-order valence-corrected chi connectivity index (χ0v) is 18.3. The van der Waals surface area contributed by atoms with Crippen molar-refractivity contribution in [2.75, 3.05) is 25.0 Å². The number of amides is 1. The summed E-state index contributed by atoms with van der Waals surface area (Å²) in [4.78, 5) is 20.5. The molecule has 1 aromatic heterocycles. The number of halogens is 1. The van der Waals surface area contributed by atoms with Gasteiger partial charge in [0.05, 0.1) is 6.42 Å². The molecule has 1 aliphatic rings. The number of rotatable bonds is 7. The molecule has 1 aliphatic heterocycles. The summed E-state index contributed by atoms with van der Waals surface area (Å²) in [5.74, 6) is 0.744. The van der Waals surface area contributed by atoms with Crippen LogP contribution in [0.25, 0.3) is 0 Å². The van der Waals surface area contributed by atoms with Crippen molar-refractivity contribution in [3.63, 3.8) is 0 Å². The highest BCUT2D eigenvalue weighted by molar-refractivity contribution is 5.78. The first kappa shape index (κ1) is 21.8. The van der Waals surface area contributed by atoms with E-state index in [1.165, 1.54) is 12.1 Å². The van der Waals surface area contributed by atoms with Crippen molar-refractivity contribution >= 4 is 11.6 Å². The van der Waals surface area contributed by atoms with Gasteiger partial charge in [-0.05, 0) is 47.5 Å². The first-order valence-electron chi connectivity index (χ1n) is 11.0. The van der Waals surface area contributed by atoms with Crippen LogP contribution in [0.2, 0.25) is 0 Å². The monoisotopic (exact) mass is 433 g/mol. The van der Waals surface area contributed by atoms with Crippen molar-refractivity contribution in [3.8, 4) is 5.75 Å². The molecular formula is C26H28FN3O2. The van der Waals surface area contributed by atoms with Crippen molar-refractivity contribution in [1.29, 1.82) is 0 Å². The summed E-state index contributed by atoms with van der Waals surface area (Å²) in [6.07, 6.45) is 5.61. The van der Waals surface area contributed by atoms with Crippen molar-refractivity contribution in [3.05, 3.63) is 90.0 Å². The molecule has 0 unspecified atom stereocenters. The van der Waals surface area contributed by atoms with Gasteiger partial charge in [-0.3, -0.25) is 9.78 Å². The van der Waals surface area contributed by atoms with Crippen LogP contribution < -0.4 is 9.64 Å². The van der Waals surface area contributed by atoms with Crippen LogP contribution >= 0.6 is 0 Å². The summed E-state index contributed by atoms with van der Waals surface area (Å²) in [5, 5.41) is 0. The zero-order valence-electron chi connectivity index (χ0n) is 18.3. The van der Waals surface area contributed by atoms with E-state index in [1.54, 1.807) is 18.5 Å². The zero-order chi connectivity index (χ0) is 22.3. The molecule has 0 aliphatic carbocycles. The predicted molar refractivity (Wildman–Crippen MR) is 123 cm³/mol. The molecule has 32 heavy (non-hydrogen) atoms. The predicted octanol–water partition coefficient (Wildman–Crippen LogP) is 4.47. The summed E-state index contributed by atoms with van der Waals surface area (Å²) in [7, 11) is 1.95. The van der Waals surface area contributed by atoms with Gasteiger partial charge in [0.15, 0.2) is 0 Å². The molecule has 0 saturated carbocycles. The molecule has 1 saturated heterocycles. The minimum absolute atomic E-state index is 0.109. The van der Waals surface area contributed by atoms with Gasteiger partial charge in [-0.25, -0.2) is 4.39 Å².